The third-order valence-corrected chi connectivity index (χ3v) is 4.11. The standard InChI is InChI=1S/C17H17N3O3/c1-2-20-14-6-4-3-5-12(14)15(17(20)22)13(11-18)16(21)19-7-9-23-10-8-19/h3-6H,2,7-10H2,1H3. The van der Waals surface area contributed by atoms with Crippen LogP contribution < -0.4 is 4.90 Å². The molecule has 0 aromatic heterocycles. The van der Waals surface area contributed by atoms with Crippen LogP contribution in [0.1, 0.15) is 12.5 Å². The monoisotopic (exact) mass is 311 g/mol. The van der Waals surface area contributed by atoms with Crippen molar-refractivity contribution in [2.24, 2.45) is 0 Å². The highest BCUT2D eigenvalue weighted by atomic mass is 16.5. The van der Waals surface area contributed by atoms with Gasteiger partial charge in [0, 0.05) is 25.2 Å². The summed E-state index contributed by atoms with van der Waals surface area (Å²) >= 11 is 0. The maximum atomic E-state index is 12.7. The molecule has 0 bridgehead atoms. The molecular weight excluding hydrogens is 294 g/mol. The number of anilines is 1. The highest BCUT2D eigenvalue weighted by molar-refractivity contribution is 6.37. The van der Waals surface area contributed by atoms with Gasteiger partial charge in [0.2, 0.25) is 0 Å². The van der Waals surface area contributed by atoms with Crippen LogP contribution in [0.4, 0.5) is 5.69 Å². The van der Waals surface area contributed by atoms with Gasteiger partial charge in [0.15, 0.2) is 0 Å². The number of rotatable bonds is 2. The second-order valence-corrected chi connectivity index (χ2v) is 5.33. The number of benzene rings is 1. The number of hydrogen-bond donors (Lipinski definition) is 0. The number of amides is 2. The lowest BCUT2D eigenvalue weighted by molar-refractivity contribution is -0.130. The lowest BCUT2D eigenvalue weighted by atomic mass is 10.0. The molecule has 0 unspecified atom stereocenters. The van der Waals surface area contributed by atoms with Crippen LogP contribution in [0.15, 0.2) is 29.8 Å². The molecule has 1 aromatic rings. The van der Waals surface area contributed by atoms with Crippen LogP contribution in [-0.4, -0.2) is 49.6 Å². The molecule has 1 fully saturated rings. The second-order valence-electron chi connectivity index (χ2n) is 5.33. The fourth-order valence-electron chi connectivity index (χ4n) is 2.97. The van der Waals surface area contributed by atoms with Crippen molar-refractivity contribution < 1.29 is 14.3 Å². The van der Waals surface area contributed by atoms with E-state index in [0.29, 0.717) is 38.4 Å². The predicted octanol–water partition coefficient (Wildman–Crippen LogP) is 1.19. The number of nitrogens with zero attached hydrogens (tertiary/aromatic N) is 3. The largest absolute Gasteiger partial charge is 0.378 e. The van der Waals surface area contributed by atoms with Gasteiger partial charge in [0.1, 0.15) is 11.6 Å². The van der Waals surface area contributed by atoms with E-state index in [0.717, 1.165) is 5.69 Å². The number of likely N-dealkylation sites (N-methyl/N-ethyl adjacent to an activating group) is 1. The molecule has 6 nitrogen and oxygen atoms in total. The zero-order valence-corrected chi connectivity index (χ0v) is 12.9. The molecular formula is C17H17N3O3. The smallest absolute Gasteiger partial charge is 0.265 e. The Kier molecular flexibility index (Phi) is 4.13. The maximum Gasteiger partial charge on any atom is 0.265 e. The Morgan fingerprint density at radius 2 is 2.00 bits per heavy atom. The highest BCUT2D eigenvalue weighted by Gasteiger charge is 2.36. The SMILES string of the molecule is CCN1C(=O)C(=C(C#N)C(=O)N2CCOCC2)c2ccccc21. The van der Waals surface area contributed by atoms with Crippen LogP contribution in [0.2, 0.25) is 0 Å². The normalized spacial score (nSPS) is 19.4. The molecule has 2 heterocycles. The summed E-state index contributed by atoms with van der Waals surface area (Å²) in [6, 6.07) is 9.21. The fraction of sp³-hybridized carbons (Fsp3) is 0.353. The maximum absolute atomic E-state index is 12.7. The van der Waals surface area contributed by atoms with Crippen molar-refractivity contribution >= 4 is 23.1 Å². The summed E-state index contributed by atoms with van der Waals surface area (Å²) in [7, 11) is 0. The van der Waals surface area contributed by atoms with Gasteiger partial charge in [-0.1, -0.05) is 18.2 Å². The number of hydrogen-bond acceptors (Lipinski definition) is 4. The number of carbonyl (C=O) groups excluding carboxylic acids is 2. The Morgan fingerprint density at radius 1 is 1.30 bits per heavy atom. The van der Waals surface area contributed by atoms with Gasteiger partial charge >= 0.3 is 0 Å². The zero-order chi connectivity index (χ0) is 16.4. The average Bonchev–Trinajstić information content (AvgIpc) is 2.88. The van der Waals surface area contributed by atoms with Crippen LogP contribution in [0, 0.1) is 11.3 Å². The fourth-order valence-corrected chi connectivity index (χ4v) is 2.97. The van der Waals surface area contributed by atoms with Gasteiger partial charge < -0.3 is 14.5 Å². The molecule has 0 saturated carbocycles. The first-order chi connectivity index (χ1) is 11.2. The molecule has 0 spiro atoms. The first-order valence-corrected chi connectivity index (χ1v) is 7.61. The van der Waals surface area contributed by atoms with Crippen LogP contribution in [-0.2, 0) is 14.3 Å². The lowest BCUT2D eigenvalue weighted by Crippen LogP contribution is -2.41. The van der Waals surface area contributed by atoms with E-state index in [9.17, 15) is 14.9 Å². The average molecular weight is 311 g/mol. The summed E-state index contributed by atoms with van der Waals surface area (Å²) in [6.07, 6.45) is 0. The van der Waals surface area contributed by atoms with E-state index in [1.54, 1.807) is 21.9 Å². The minimum atomic E-state index is -0.396. The number of morpholine rings is 1. The van der Waals surface area contributed by atoms with Gasteiger partial charge in [-0.15, -0.1) is 0 Å². The molecule has 6 heteroatoms. The van der Waals surface area contributed by atoms with E-state index in [-0.39, 0.29) is 17.1 Å². The van der Waals surface area contributed by atoms with Crippen LogP contribution >= 0.6 is 0 Å². The van der Waals surface area contributed by atoms with Crippen LogP contribution in [0.25, 0.3) is 5.57 Å². The third kappa shape index (κ3) is 2.49. The number of para-hydroxylation sites is 1. The molecule has 0 aliphatic carbocycles. The second kappa shape index (κ2) is 6.23. The van der Waals surface area contributed by atoms with Crippen molar-refractivity contribution in [2.45, 2.75) is 6.92 Å². The van der Waals surface area contributed by atoms with Crippen molar-refractivity contribution in [3.63, 3.8) is 0 Å². The summed E-state index contributed by atoms with van der Waals surface area (Å²) in [4.78, 5) is 28.5. The zero-order valence-electron chi connectivity index (χ0n) is 12.9. The van der Waals surface area contributed by atoms with Gasteiger partial charge in [-0.2, -0.15) is 5.26 Å². The van der Waals surface area contributed by atoms with E-state index in [1.165, 1.54) is 0 Å². The van der Waals surface area contributed by atoms with Gasteiger partial charge in [-0.05, 0) is 13.0 Å². The van der Waals surface area contributed by atoms with Gasteiger partial charge in [0.05, 0.1) is 24.5 Å². The minimum absolute atomic E-state index is 0.0831. The summed E-state index contributed by atoms with van der Waals surface area (Å²) in [5.41, 5.74) is 1.52. The predicted molar refractivity (Wildman–Crippen MR) is 84.4 cm³/mol. The summed E-state index contributed by atoms with van der Waals surface area (Å²) in [5, 5.41) is 9.53. The molecule has 3 rings (SSSR count). The van der Waals surface area contributed by atoms with Gasteiger partial charge in [0.25, 0.3) is 11.8 Å². The Hall–Kier alpha value is -2.65. The van der Waals surface area contributed by atoms with Crippen molar-refractivity contribution in [1.29, 1.82) is 5.26 Å². The summed E-state index contributed by atoms with van der Waals surface area (Å²) in [6.45, 7) is 4.13. The van der Waals surface area contributed by atoms with Crippen molar-refractivity contribution in [1.82, 2.24) is 4.90 Å². The van der Waals surface area contributed by atoms with Crippen molar-refractivity contribution in [3.05, 3.63) is 35.4 Å². The number of fused-ring (bicyclic) bond motifs is 1. The minimum Gasteiger partial charge on any atom is -0.378 e. The van der Waals surface area contributed by atoms with Gasteiger partial charge in [-0.3, -0.25) is 9.59 Å². The van der Waals surface area contributed by atoms with E-state index in [4.69, 9.17) is 4.74 Å². The number of carbonyl (C=O) groups is 2. The molecule has 1 aromatic carbocycles. The first-order valence-electron chi connectivity index (χ1n) is 7.61. The lowest BCUT2D eigenvalue weighted by Gasteiger charge is -2.26. The third-order valence-electron chi connectivity index (χ3n) is 4.11. The number of nitriles is 1. The molecule has 2 amide bonds. The molecule has 2 aliphatic heterocycles. The van der Waals surface area contributed by atoms with Crippen molar-refractivity contribution in [2.75, 3.05) is 37.7 Å². The Morgan fingerprint density at radius 3 is 2.65 bits per heavy atom. The summed E-state index contributed by atoms with van der Waals surface area (Å²) in [5.74, 6) is -0.682. The van der Waals surface area contributed by atoms with E-state index >= 15 is 0 Å². The molecule has 23 heavy (non-hydrogen) atoms. The summed E-state index contributed by atoms with van der Waals surface area (Å²) < 4.78 is 5.23. The first kappa shape index (κ1) is 15.3. The van der Waals surface area contributed by atoms with E-state index < -0.39 is 5.91 Å². The topological polar surface area (TPSA) is 73.6 Å². The molecule has 2 aliphatic rings. The Labute approximate surface area is 134 Å². The molecule has 1 saturated heterocycles. The van der Waals surface area contributed by atoms with Crippen LogP contribution in [0.5, 0.6) is 0 Å². The van der Waals surface area contributed by atoms with Crippen molar-refractivity contribution in [3.8, 4) is 6.07 Å². The van der Waals surface area contributed by atoms with E-state index in [1.807, 2.05) is 25.1 Å². The Bertz CT molecular complexity index is 727. The molecule has 0 radical (unpaired) electrons. The van der Waals surface area contributed by atoms with E-state index in [2.05, 4.69) is 0 Å². The molecule has 0 atom stereocenters. The Balaban J connectivity index is 2.09. The quantitative estimate of drug-likeness (QED) is 0.607. The van der Waals surface area contributed by atoms with Crippen LogP contribution in [0.3, 0.4) is 0 Å². The molecule has 0 N–H and O–H groups in total. The van der Waals surface area contributed by atoms with Gasteiger partial charge in [-0.25, -0.2) is 0 Å². The highest BCUT2D eigenvalue weighted by Crippen LogP contribution is 2.38. The molecule has 118 valence electrons. The number of ether oxygens (including phenoxy) is 1.